The molecule has 1 aromatic heterocycles. The zero-order chi connectivity index (χ0) is 19.8. The number of nitrogens with one attached hydrogen (secondary N) is 1. The molecule has 144 valence electrons. The molecule has 0 unspecified atom stereocenters. The summed E-state index contributed by atoms with van der Waals surface area (Å²) < 4.78 is 19.1. The van der Waals surface area contributed by atoms with E-state index in [0.717, 1.165) is 22.6 Å². The SMILES string of the molecule is CCOc1ccc(NC(=S)N(Cc2cccnc2)Cc2cccc(F)c2)cc1. The molecule has 0 atom stereocenters. The highest BCUT2D eigenvalue weighted by atomic mass is 32.1. The van der Waals surface area contributed by atoms with Crippen molar-refractivity contribution in [1.82, 2.24) is 9.88 Å². The zero-order valence-corrected chi connectivity index (χ0v) is 16.5. The van der Waals surface area contributed by atoms with Crippen molar-refractivity contribution in [3.8, 4) is 5.75 Å². The Morgan fingerprint density at radius 1 is 1.07 bits per heavy atom. The molecule has 28 heavy (non-hydrogen) atoms. The van der Waals surface area contributed by atoms with Gasteiger partial charge >= 0.3 is 0 Å². The summed E-state index contributed by atoms with van der Waals surface area (Å²) in [5.74, 6) is 0.551. The fourth-order valence-electron chi connectivity index (χ4n) is 2.77. The van der Waals surface area contributed by atoms with Crippen molar-refractivity contribution in [2.24, 2.45) is 0 Å². The number of halogens is 1. The van der Waals surface area contributed by atoms with Crippen LogP contribution in [0.2, 0.25) is 0 Å². The molecule has 2 aromatic carbocycles. The second kappa shape index (κ2) is 9.80. The van der Waals surface area contributed by atoms with Gasteiger partial charge in [0.15, 0.2) is 5.11 Å². The lowest BCUT2D eigenvalue weighted by Gasteiger charge is -2.26. The normalized spacial score (nSPS) is 10.4. The average Bonchev–Trinajstić information content (AvgIpc) is 2.70. The lowest BCUT2D eigenvalue weighted by atomic mass is 10.2. The lowest BCUT2D eigenvalue weighted by Crippen LogP contribution is -2.33. The van der Waals surface area contributed by atoms with Crippen LogP contribution in [0.1, 0.15) is 18.1 Å². The second-order valence-electron chi connectivity index (χ2n) is 6.23. The summed E-state index contributed by atoms with van der Waals surface area (Å²) in [7, 11) is 0. The summed E-state index contributed by atoms with van der Waals surface area (Å²) in [5, 5.41) is 3.81. The van der Waals surface area contributed by atoms with Gasteiger partial charge in [-0.25, -0.2) is 4.39 Å². The maximum atomic E-state index is 13.6. The van der Waals surface area contributed by atoms with Gasteiger partial charge in [0.05, 0.1) is 6.61 Å². The molecule has 3 aromatic rings. The molecule has 3 rings (SSSR count). The van der Waals surface area contributed by atoms with Gasteiger partial charge in [-0.05, 0) is 72.7 Å². The van der Waals surface area contributed by atoms with Crippen LogP contribution in [0.3, 0.4) is 0 Å². The van der Waals surface area contributed by atoms with Crippen LogP contribution in [0.4, 0.5) is 10.1 Å². The molecule has 1 N–H and O–H groups in total. The van der Waals surface area contributed by atoms with Crippen LogP contribution in [-0.2, 0) is 13.1 Å². The summed E-state index contributed by atoms with van der Waals surface area (Å²) in [5.41, 5.74) is 2.73. The predicted octanol–water partition coefficient (Wildman–Crippen LogP) is 5.02. The molecule has 0 aliphatic heterocycles. The number of hydrogen-bond acceptors (Lipinski definition) is 3. The number of pyridine rings is 1. The molecule has 0 bridgehead atoms. The molecule has 0 spiro atoms. The predicted molar refractivity (Wildman–Crippen MR) is 114 cm³/mol. The summed E-state index contributed by atoms with van der Waals surface area (Å²) >= 11 is 5.64. The molecule has 0 aliphatic rings. The van der Waals surface area contributed by atoms with E-state index in [4.69, 9.17) is 17.0 Å². The fourth-order valence-corrected chi connectivity index (χ4v) is 3.02. The summed E-state index contributed by atoms with van der Waals surface area (Å²) in [6.07, 6.45) is 3.54. The van der Waals surface area contributed by atoms with Gasteiger partial charge in [-0.3, -0.25) is 4.98 Å². The summed E-state index contributed by atoms with van der Waals surface area (Å²) in [6, 6.07) is 18.1. The van der Waals surface area contributed by atoms with E-state index in [9.17, 15) is 4.39 Å². The number of anilines is 1. The fraction of sp³-hybridized carbons (Fsp3) is 0.182. The zero-order valence-electron chi connectivity index (χ0n) is 15.6. The van der Waals surface area contributed by atoms with E-state index in [1.165, 1.54) is 12.1 Å². The van der Waals surface area contributed by atoms with E-state index in [-0.39, 0.29) is 5.82 Å². The number of thiocarbonyl (C=S) groups is 1. The molecule has 0 aliphatic carbocycles. The third-order valence-electron chi connectivity index (χ3n) is 4.06. The van der Waals surface area contributed by atoms with Gasteiger partial charge < -0.3 is 15.0 Å². The Kier molecular flexibility index (Phi) is 6.92. The van der Waals surface area contributed by atoms with Crippen molar-refractivity contribution in [2.45, 2.75) is 20.0 Å². The third-order valence-corrected chi connectivity index (χ3v) is 4.42. The topological polar surface area (TPSA) is 37.4 Å². The van der Waals surface area contributed by atoms with Crippen LogP contribution >= 0.6 is 12.2 Å². The highest BCUT2D eigenvalue weighted by Gasteiger charge is 2.12. The molecular weight excluding hydrogens is 373 g/mol. The number of hydrogen-bond donors (Lipinski definition) is 1. The first kappa shape index (κ1) is 19.8. The number of rotatable bonds is 7. The van der Waals surface area contributed by atoms with Gasteiger partial charge in [0, 0.05) is 31.2 Å². The van der Waals surface area contributed by atoms with Gasteiger partial charge in [-0.15, -0.1) is 0 Å². The number of ether oxygens (including phenoxy) is 1. The van der Waals surface area contributed by atoms with Crippen LogP contribution in [0, 0.1) is 5.82 Å². The minimum absolute atomic E-state index is 0.260. The second-order valence-corrected chi connectivity index (χ2v) is 6.62. The van der Waals surface area contributed by atoms with Gasteiger partial charge in [0.1, 0.15) is 11.6 Å². The van der Waals surface area contributed by atoms with Crippen LogP contribution in [0.15, 0.2) is 73.1 Å². The number of aromatic nitrogens is 1. The standard InChI is InChI=1S/C22H22FN3OS/c1-2-27-21-10-8-20(9-11-21)25-22(28)26(16-18-6-4-12-24-14-18)15-17-5-3-7-19(23)13-17/h3-14H,2,15-16H2,1H3,(H,25,28). The van der Waals surface area contributed by atoms with E-state index in [1.807, 2.05) is 54.3 Å². The first-order valence-electron chi connectivity index (χ1n) is 9.06. The van der Waals surface area contributed by atoms with Crippen LogP contribution in [0.25, 0.3) is 0 Å². The van der Waals surface area contributed by atoms with E-state index >= 15 is 0 Å². The van der Waals surface area contributed by atoms with Gasteiger partial charge in [-0.2, -0.15) is 0 Å². The molecule has 6 heteroatoms. The van der Waals surface area contributed by atoms with Crippen molar-refractivity contribution >= 4 is 23.0 Å². The highest BCUT2D eigenvalue weighted by Crippen LogP contribution is 2.18. The van der Waals surface area contributed by atoms with E-state index in [1.54, 1.807) is 18.5 Å². The molecule has 0 fully saturated rings. The average molecular weight is 396 g/mol. The van der Waals surface area contributed by atoms with Crippen molar-refractivity contribution in [1.29, 1.82) is 0 Å². The van der Waals surface area contributed by atoms with E-state index in [2.05, 4.69) is 10.3 Å². The monoisotopic (exact) mass is 395 g/mol. The lowest BCUT2D eigenvalue weighted by molar-refractivity contribution is 0.340. The first-order chi connectivity index (χ1) is 13.6. The van der Waals surface area contributed by atoms with E-state index in [0.29, 0.717) is 24.8 Å². The van der Waals surface area contributed by atoms with Gasteiger partial charge in [-0.1, -0.05) is 18.2 Å². The van der Waals surface area contributed by atoms with Crippen LogP contribution in [-0.4, -0.2) is 21.6 Å². The molecular formula is C22H22FN3OS. The largest absolute Gasteiger partial charge is 0.494 e. The molecule has 0 saturated carbocycles. The quantitative estimate of drug-likeness (QED) is 0.569. The maximum absolute atomic E-state index is 13.6. The molecule has 0 radical (unpaired) electrons. The smallest absolute Gasteiger partial charge is 0.174 e. The minimum Gasteiger partial charge on any atom is -0.494 e. The Morgan fingerprint density at radius 2 is 1.82 bits per heavy atom. The van der Waals surface area contributed by atoms with Crippen molar-refractivity contribution < 1.29 is 9.13 Å². The van der Waals surface area contributed by atoms with Crippen LogP contribution in [0.5, 0.6) is 5.75 Å². The van der Waals surface area contributed by atoms with Gasteiger partial charge in [0.2, 0.25) is 0 Å². The summed E-state index contributed by atoms with van der Waals surface area (Å²) in [6.45, 7) is 3.62. The van der Waals surface area contributed by atoms with Crippen molar-refractivity contribution in [3.63, 3.8) is 0 Å². The van der Waals surface area contributed by atoms with Crippen molar-refractivity contribution in [3.05, 3.63) is 90.0 Å². The van der Waals surface area contributed by atoms with E-state index < -0.39 is 0 Å². The number of benzene rings is 2. The summed E-state index contributed by atoms with van der Waals surface area (Å²) in [4.78, 5) is 6.15. The highest BCUT2D eigenvalue weighted by molar-refractivity contribution is 7.80. The molecule has 0 saturated heterocycles. The number of nitrogens with zero attached hydrogens (tertiary/aromatic N) is 2. The first-order valence-corrected chi connectivity index (χ1v) is 9.47. The Bertz CT molecular complexity index is 903. The molecule has 0 amide bonds. The maximum Gasteiger partial charge on any atom is 0.174 e. The molecule has 4 nitrogen and oxygen atoms in total. The Morgan fingerprint density at radius 3 is 2.50 bits per heavy atom. The van der Waals surface area contributed by atoms with Gasteiger partial charge in [0.25, 0.3) is 0 Å². The van der Waals surface area contributed by atoms with Crippen molar-refractivity contribution in [2.75, 3.05) is 11.9 Å². The Balaban J connectivity index is 1.75. The molecule has 1 heterocycles. The Hall–Kier alpha value is -2.99. The third kappa shape index (κ3) is 5.76. The minimum atomic E-state index is -0.260. The Labute approximate surface area is 170 Å². The van der Waals surface area contributed by atoms with Crippen LogP contribution < -0.4 is 10.1 Å².